The molecule has 0 aliphatic heterocycles. The molecule has 0 aromatic heterocycles. The first kappa shape index (κ1) is 9.59. The Morgan fingerprint density at radius 3 is 2.60 bits per heavy atom. The highest BCUT2D eigenvalue weighted by Crippen LogP contribution is 2.11. The Morgan fingerprint density at radius 1 is 1.13 bits per heavy atom. The van der Waals surface area contributed by atoms with Gasteiger partial charge in [0.05, 0.1) is 5.82 Å². The van der Waals surface area contributed by atoms with E-state index >= 15 is 0 Å². The Labute approximate surface area is 90.0 Å². The molecule has 0 saturated heterocycles. The summed E-state index contributed by atoms with van der Waals surface area (Å²) >= 11 is 0. The molecule has 0 fully saturated rings. The van der Waals surface area contributed by atoms with Crippen LogP contribution in [0.15, 0.2) is 66.7 Å². The van der Waals surface area contributed by atoms with Gasteiger partial charge in [-0.05, 0) is 18.2 Å². The summed E-state index contributed by atoms with van der Waals surface area (Å²) in [4.78, 5) is 0. The molecular formula is C13H14N2. The van der Waals surface area contributed by atoms with Gasteiger partial charge < -0.3 is 10.6 Å². The van der Waals surface area contributed by atoms with Crippen molar-refractivity contribution in [2.45, 2.75) is 6.42 Å². The van der Waals surface area contributed by atoms with Crippen molar-refractivity contribution in [2.75, 3.05) is 5.32 Å². The number of allylic oxidation sites excluding steroid dienone is 3. The number of rotatable bonds is 4. The lowest BCUT2D eigenvalue weighted by Gasteiger charge is -2.12. The monoisotopic (exact) mass is 198 g/mol. The standard InChI is InChI=1S/C13H14N2/c1-11(15-13-9-5-6-10-13)14-12-7-3-2-4-8-12/h2-9,14-15H,1,10H2. The predicted octanol–water partition coefficient (Wildman–Crippen LogP) is 3.00. The van der Waals surface area contributed by atoms with E-state index in [1.54, 1.807) is 0 Å². The van der Waals surface area contributed by atoms with Crippen molar-refractivity contribution in [3.8, 4) is 0 Å². The van der Waals surface area contributed by atoms with Crippen LogP contribution >= 0.6 is 0 Å². The summed E-state index contributed by atoms with van der Waals surface area (Å²) in [6.45, 7) is 3.92. The minimum atomic E-state index is 0.802. The van der Waals surface area contributed by atoms with Crippen molar-refractivity contribution in [1.29, 1.82) is 0 Å². The summed E-state index contributed by atoms with van der Waals surface area (Å²) in [5, 5.41) is 6.41. The average molecular weight is 198 g/mol. The molecule has 2 N–H and O–H groups in total. The van der Waals surface area contributed by atoms with Crippen LogP contribution in [-0.2, 0) is 0 Å². The van der Waals surface area contributed by atoms with Crippen LogP contribution in [-0.4, -0.2) is 0 Å². The smallest absolute Gasteiger partial charge is 0.0999 e. The Morgan fingerprint density at radius 2 is 1.93 bits per heavy atom. The maximum atomic E-state index is 3.92. The maximum absolute atomic E-state index is 3.92. The highest BCUT2D eigenvalue weighted by molar-refractivity contribution is 5.47. The van der Waals surface area contributed by atoms with Crippen molar-refractivity contribution < 1.29 is 0 Å². The molecule has 0 heterocycles. The molecule has 0 saturated carbocycles. The van der Waals surface area contributed by atoms with E-state index in [1.807, 2.05) is 36.4 Å². The van der Waals surface area contributed by atoms with Gasteiger partial charge in [0.25, 0.3) is 0 Å². The second-order valence-electron chi connectivity index (χ2n) is 3.42. The van der Waals surface area contributed by atoms with Gasteiger partial charge in [0, 0.05) is 17.8 Å². The van der Waals surface area contributed by atoms with E-state index in [0.717, 1.165) is 17.9 Å². The van der Waals surface area contributed by atoms with Crippen molar-refractivity contribution in [3.05, 3.63) is 66.7 Å². The highest BCUT2D eigenvalue weighted by Gasteiger charge is 2.00. The van der Waals surface area contributed by atoms with Gasteiger partial charge in [-0.1, -0.05) is 36.9 Å². The van der Waals surface area contributed by atoms with Crippen molar-refractivity contribution >= 4 is 5.69 Å². The van der Waals surface area contributed by atoms with Crippen LogP contribution in [0.3, 0.4) is 0 Å². The van der Waals surface area contributed by atoms with Crippen LogP contribution in [0.25, 0.3) is 0 Å². The fourth-order valence-corrected chi connectivity index (χ4v) is 1.46. The van der Waals surface area contributed by atoms with Crippen molar-refractivity contribution in [2.24, 2.45) is 0 Å². The Bertz CT molecular complexity index is 402. The third-order valence-electron chi connectivity index (χ3n) is 2.15. The molecule has 1 aromatic rings. The summed E-state index contributed by atoms with van der Waals surface area (Å²) < 4.78 is 0. The molecule has 76 valence electrons. The summed E-state index contributed by atoms with van der Waals surface area (Å²) in [6.07, 6.45) is 7.16. The van der Waals surface area contributed by atoms with Crippen LogP contribution in [0.4, 0.5) is 5.69 Å². The van der Waals surface area contributed by atoms with E-state index in [4.69, 9.17) is 0 Å². The quantitative estimate of drug-likeness (QED) is 0.777. The minimum absolute atomic E-state index is 0.802. The molecule has 0 atom stereocenters. The van der Waals surface area contributed by atoms with Gasteiger partial charge in [-0.15, -0.1) is 0 Å². The van der Waals surface area contributed by atoms with Gasteiger partial charge in [-0.2, -0.15) is 0 Å². The van der Waals surface area contributed by atoms with Crippen molar-refractivity contribution in [1.82, 2.24) is 5.32 Å². The molecule has 0 radical (unpaired) electrons. The number of hydrogen-bond acceptors (Lipinski definition) is 2. The van der Waals surface area contributed by atoms with Gasteiger partial charge >= 0.3 is 0 Å². The number of nitrogens with one attached hydrogen (secondary N) is 2. The SMILES string of the molecule is C=C(NC1=CC=CC1)Nc1ccccc1. The molecule has 0 spiro atoms. The van der Waals surface area contributed by atoms with Gasteiger partial charge in [0.1, 0.15) is 0 Å². The molecule has 1 aliphatic rings. The van der Waals surface area contributed by atoms with E-state index in [2.05, 4.69) is 29.4 Å². The molecule has 0 bridgehead atoms. The second-order valence-corrected chi connectivity index (χ2v) is 3.42. The molecule has 1 aromatic carbocycles. The maximum Gasteiger partial charge on any atom is 0.0999 e. The number of hydrogen-bond donors (Lipinski definition) is 2. The first-order valence-corrected chi connectivity index (χ1v) is 4.98. The lowest BCUT2D eigenvalue weighted by atomic mass is 10.3. The fourth-order valence-electron chi connectivity index (χ4n) is 1.46. The van der Waals surface area contributed by atoms with Crippen LogP contribution in [0, 0.1) is 0 Å². The van der Waals surface area contributed by atoms with Crippen molar-refractivity contribution in [3.63, 3.8) is 0 Å². The average Bonchev–Trinajstić information content (AvgIpc) is 2.71. The molecule has 0 unspecified atom stereocenters. The van der Waals surface area contributed by atoms with Gasteiger partial charge in [0.2, 0.25) is 0 Å². The molecule has 2 rings (SSSR count). The van der Waals surface area contributed by atoms with Gasteiger partial charge in [-0.3, -0.25) is 0 Å². The Kier molecular flexibility index (Phi) is 2.88. The molecule has 0 amide bonds. The Hall–Kier alpha value is -1.96. The number of anilines is 1. The van der Waals surface area contributed by atoms with Crippen LogP contribution < -0.4 is 10.6 Å². The van der Waals surface area contributed by atoms with Gasteiger partial charge in [-0.25, -0.2) is 0 Å². The lowest BCUT2D eigenvalue weighted by Crippen LogP contribution is -2.17. The first-order valence-electron chi connectivity index (χ1n) is 4.98. The minimum Gasteiger partial charge on any atom is -0.346 e. The normalized spacial score (nSPS) is 13.5. The largest absolute Gasteiger partial charge is 0.346 e. The van der Waals surface area contributed by atoms with E-state index in [-0.39, 0.29) is 0 Å². The van der Waals surface area contributed by atoms with E-state index < -0.39 is 0 Å². The number of benzene rings is 1. The first-order chi connectivity index (χ1) is 7.34. The topological polar surface area (TPSA) is 24.1 Å². The van der Waals surface area contributed by atoms with Gasteiger partial charge in [0.15, 0.2) is 0 Å². The summed E-state index contributed by atoms with van der Waals surface area (Å²) in [5.74, 6) is 0.802. The molecule has 1 aliphatic carbocycles. The van der Waals surface area contributed by atoms with E-state index in [1.165, 1.54) is 5.70 Å². The van der Waals surface area contributed by atoms with Crippen LogP contribution in [0.2, 0.25) is 0 Å². The summed E-state index contributed by atoms with van der Waals surface area (Å²) in [7, 11) is 0. The third kappa shape index (κ3) is 2.74. The molecule has 15 heavy (non-hydrogen) atoms. The zero-order chi connectivity index (χ0) is 10.5. The van der Waals surface area contributed by atoms with E-state index in [0.29, 0.717) is 0 Å². The van der Waals surface area contributed by atoms with E-state index in [9.17, 15) is 0 Å². The zero-order valence-corrected chi connectivity index (χ0v) is 8.53. The van der Waals surface area contributed by atoms with Crippen LogP contribution in [0.1, 0.15) is 6.42 Å². The molecule has 2 heteroatoms. The Balaban J connectivity index is 1.88. The summed E-state index contributed by atoms with van der Waals surface area (Å²) in [5.41, 5.74) is 2.21. The fraction of sp³-hybridized carbons (Fsp3) is 0.0769. The second kappa shape index (κ2) is 4.51. The highest BCUT2D eigenvalue weighted by atomic mass is 15.1. The number of para-hydroxylation sites is 1. The predicted molar refractivity (Wildman–Crippen MR) is 64.2 cm³/mol. The third-order valence-corrected chi connectivity index (χ3v) is 2.15. The van der Waals surface area contributed by atoms with Crippen LogP contribution in [0.5, 0.6) is 0 Å². The molecular weight excluding hydrogens is 184 g/mol. The summed E-state index contributed by atoms with van der Waals surface area (Å²) in [6, 6.07) is 9.99. The lowest BCUT2D eigenvalue weighted by molar-refractivity contribution is 0.947. The molecule has 2 nitrogen and oxygen atoms in total. The zero-order valence-electron chi connectivity index (χ0n) is 8.53.